The number of ether oxygens (including phenoxy) is 1. The molecule has 0 spiro atoms. The molecule has 2 aromatic rings. The normalized spacial score (nSPS) is 18.9. The molecule has 1 fully saturated rings. The van der Waals surface area contributed by atoms with Gasteiger partial charge in [0.1, 0.15) is 17.7 Å². The Hall–Kier alpha value is -3.35. The number of nitrogens with one attached hydrogen (secondary N) is 2. The number of anilines is 1. The Kier molecular flexibility index (Phi) is 9.47. The Morgan fingerprint density at radius 1 is 1.05 bits per heavy atom. The lowest BCUT2D eigenvalue weighted by Gasteiger charge is -2.37. The molecule has 39 heavy (non-hydrogen) atoms. The summed E-state index contributed by atoms with van der Waals surface area (Å²) in [4.78, 5) is 43.2. The van der Waals surface area contributed by atoms with Crippen LogP contribution in [0, 0.1) is 32.6 Å². The number of nitrogens with zero attached hydrogens (tertiary/aromatic N) is 1. The lowest BCUT2D eigenvalue weighted by molar-refractivity contribution is -0.142. The first kappa shape index (κ1) is 30.2. The Balaban J connectivity index is 2.08. The van der Waals surface area contributed by atoms with Crippen molar-refractivity contribution in [2.24, 2.45) is 11.8 Å². The highest BCUT2D eigenvalue weighted by Crippen LogP contribution is 2.42. The summed E-state index contributed by atoms with van der Waals surface area (Å²) in [5.41, 5.74) is 3.74. The third-order valence-electron chi connectivity index (χ3n) is 7.48. The van der Waals surface area contributed by atoms with E-state index in [1.54, 1.807) is 25.7 Å². The zero-order valence-electron chi connectivity index (χ0n) is 24.9. The summed E-state index contributed by atoms with van der Waals surface area (Å²) in [6.07, 6.45) is 0.825. The van der Waals surface area contributed by atoms with Crippen molar-refractivity contribution in [3.63, 3.8) is 0 Å². The first-order valence-corrected chi connectivity index (χ1v) is 14.0. The topological polar surface area (TPSA) is 87.7 Å². The van der Waals surface area contributed by atoms with Crippen LogP contribution in [0.1, 0.15) is 82.7 Å². The maximum absolute atomic E-state index is 14.5. The zero-order chi connectivity index (χ0) is 29.1. The fraction of sp³-hybridized carbons (Fsp3) is 0.531. The largest absolute Gasteiger partial charge is 0.444 e. The Morgan fingerprint density at radius 3 is 2.23 bits per heavy atom. The summed E-state index contributed by atoms with van der Waals surface area (Å²) in [6.45, 7) is 17.3. The van der Waals surface area contributed by atoms with Gasteiger partial charge in [-0.1, -0.05) is 69.2 Å². The number of para-hydroxylation sites is 1. The van der Waals surface area contributed by atoms with Crippen LogP contribution in [0.3, 0.4) is 0 Å². The van der Waals surface area contributed by atoms with Gasteiger partial charge in [-0.3, -0.25) is 9.59 Å². The summed E-state index contributed by atoms with van der Waals surface area (Å²) in [5.74, 6) is -0.466. The molecule has 1 aliphatic rings. The Morgan fingerprint density at radius 2 is 1.69 bits per heavy atom. The minimum Gasteiger partial charge on any atom is -0.444 e. The zero-order valence-corrected chi connectivity index (χ0v) is 24.9. The smallest absolute Gasteiger partial charge is 0.408 e. The predicted molar refractivity (Wildman–Crippen MR) is 155 cm³/mol. The van der Waals surface area contributed by atoms with Gasteiger partial charge in [-0.05, 0) is 82.6 Å². The van der Waals surface area contributed by atoms with Crippen LogP contribution < -0.4 is 10.6 Å². The molecule has 0 bridgehead atoms. The molecule has 5 atom stereocenters. The van der Waals surface area contributed by atoms with E-state index in [0.717, 1.165) is 28.7 Å². The maximum atomic E-state index is 14.5. The van der Waals surface area contributed by atoms with Gasteiger partial charge in [0.05, 0.1) is 0 Å². The van der Waals surface area contributed by atoms with Gasteiger partial charge in [0.15, 0.2) is 0 Å². The van der Waals surface area contributed by atoms with Gasteiger partial charge >= 0.3 is 6.09 Å². The summed E-state index contributed by atoms with van der Waals surface area (Å²) in [5, 5.41) is 5.94. The van der Waals surface area contributed by atoms with E-state index in [2.05, 4.69) is 17.6 Å². The molecule has 7 nitrogen and oxygen atoms in total. The quantitative estimate of drug-likeness (QED) is 0.385. The van der Waals surface area contributed by atoms with Crippen LogP contribution >= 0.6 is 0 Å². The molecular weight excluding hydrogens is 490 g/mol. The molecule has 0 heterocycles. The number of benzene rings is 2. The van der Waals surface area contributed by atoms with Crippen LogP contribution in [-0.2, 0) is 14.3 Å². The third kappa shape index (κ3) is 7.61. The highest BCUT2D eigenvalue weighted by atomic mass is 16.6. The number of rotatable bonds is 9. The lowest BCUT2D eigenvalue weighted by Crippen LogP contribution is -2.55. The van der Waals surface area contributed by atoms with Gasteiger partial charge in [-0.2, -0.15) is 0 Å². The van der Waals surface area contributed by atoms with Crippen molar-refractivity contribution in [2.75, 3.05) is 5.32 Å². The molecule has 0 radical (unpaired) electrons. The van der Waals surface area contributed by atoms with Crippen molar-refractivity contribution in [3.8, 4) is 0 Å². The van der Waals surface area contributed by atoms with Gasteiger partial charge in [0.25, 0.3) is 5.91 Å². The monoisotopic (exact) mass is 535 g/mol. The second kappa shape index (κ2) is 12.2. The minimum absolute atomic E-state index is 0.113. The number of carbonyl (C=O) groups is 3. The highest BCUT2D eigenvalue weighted by molar-refractivity contribution is 6.00. The number of hydrogen-bond donors (Lipinski definition) is 2. The maximum Gasteiger partial charge on any atom is 0.408 e. The molecular formula is C32H45N3O4. The second-order valence-electron chi connectivity index (χ2n) is 12.1. The molecule has 7 heteroatoms. The molecule has 212 valence electrons. The van der Waals surface area contributed by atoms with Crippen molar-refractivity contribution in [2.45, 2.75) is 98.9 Å². The van der Waals surface area contributed by atoms with E-state index in [9.17, 15) is 14.4 Å². The van der Waals surface area contributed by atoms with Crippen molar-refractivity contribution in [1.29, 1.82) is 0 Å². The Labute approximate surface area is 233 Å². The van der Waals surface area contributed by atoms with E-state index < -0.39 is 23.8 Å². The molecule has 2 N–H and O–H groups in total. The highest BCUT2D eigenvalue weighted by Gasteiger charge is 2.49. The number of hydrogen-bond acceptors (Lipinski definition) is 4. The molecule has 3 rings (SSSR count). The first-order chi connectivity index (χ1) is 18.2. The van der Waals surface area contributed by atoms with E-state index in [1.165, 1.54) is 0 Å². The predicted octanol–water partition coefficient (Wildman–Crippen LogP) is 6.47. The van der Waals surface area contributed by atoms with E-state index in [0.29, 0.717) is 12.1 Å². The van der Waals surface area contributed by atoms with Gasteiger partial charge in [-0.15, -0.1) is 0 Å². The molecule has 2 aromatic carbocycles. The fourth-order valence-corrected chi connectivity index (χ4v) is 4.91. The van der Waals surface area contributed by atoms with Gasteiger partial charge in [0.2, 0.25) is 5.91 Å². The van der Waals surface area contributed by atoms with E-state index >= 15 is 0 Å². The number of amides is 3. The third-order valence-corrected chi connectivity index (χ3v) is 7.48. The van der Waals surface area contributed by atoms with E-state index in [4.69, 9.17) is 4.74 Å². The van der Waals surface area contributed by atoms with E-state index in [1.807, 2.05) is 77.1 Å². The molecule has 0 aromatic heterocycles. The minimum atomic E-state index is -0.861. The number of carbonyl (C=O) groups excluding carboxylic acids is 3. The average molecular weight is 536 g/mol. The molecule has 3 amide bonds. The van der Waals surface area contributed by atoms with Crippen molar-refractivity contribution < 1.29 is 19.1 Å². The standard InChI is InChI=1S/C32H45N3O4/c1-10-20(3)27(34-31(38)39-32(7,8)9)30(37)35(26-18-23(26)6)28(24-16-15-19(2)17-22(24)5)29(36)33-25-14-12-11-13-21(25)4/h11-17,20,23,26-28H,10,18H2,1-9H3,(H,33,36)(H,34,38). The lowest BCUT2D eigenvalue weighted by atomic mass is 9.93. The fourth-order valence-electron chi connectivity index (χ4n) is 4.91. The summed E-state index contributed by atoms with van der Waals surface area (Å²) in [6, 6.07) is 11.8. The Bertz CT molecular complexity index is 1200. The van der Waals surface area contributed by atoms with Crippen LogP contribution in [0.25, 0.3) is 0 Å². The molecule has 5 unspecified atom stereocenters. The van der Waals surface area contributed by atoms with Gasteiger partial charge in [0, 0.05) is 11.7 Å². The van der Waals surface area contributed by atoms with Gasteiger partial charge in [-0.25, -0.2) is 4.79 Å². The van der Waals surface area contributed by atoms with Crippen LogP contribution in [-0.4, -0.2) is 40.5 Å². The summed E-state index contributed by atoms with van der Waals surface area (Å²) >= 11 is 0. The summed E-state index contributed by atoms with van der Waals surface area (Å²) in [7, 11) is 0. The average Bonchev–Trinajstić information content (AvgIpc) is 3.56. The van der Waals surface area contributed by atoms with Crippen LogP contribution in [0.2, 0.25) is 0 Å². The second-order valence-corrected chi connectivity index (χ2v) is 12.1. The molecule has 1 aliphatic carbocycles. The SMILES string of the molecule is CCC(C)C(NC(=O)OC(C)(C)C)C(=O)N(C(C(=O)Nc1ccccc1C)c1ccc(C)cc1C)C1CC1C. The number of alkyl carbamates (subject to hydrolysis) is 1. The van der Waals surface area contributed by atoms with E-state index in [-0.39, 0.29) is 29.7 Å². The van der Waals surface area contributed by atoms with Crippen molar-refractivity contribution in [1.82, 2.24) is 10.2 Å². The van der Waals surface area contributed by atoms with Crippen LogP contribution in [0.4, 0.5) is 10.5 Å². The summed E-state index contributed by atoms with van der Waals surface area (Å²) < 4.78 is 5.51. The van der Waals surface area contributed by atoms with Crippen LogP contribution in [0.15, 0.2) is 42.5 Å². The van der Waals surface area contributed by atoms with Crippen molar-refractivity contribution in [3.05, 3.63) is 64.7 Å². The molecule has 0 aliphatic heterocycles. The first-order valence-electron chi connectivity index (χ1n) is 14.0. The number of aryl methyl sites for hydroxylation is 3. The molecule has 1 saturated carbocycles. The van der Waals surface area contributed by atoms with Gasteiger partial charge < -0.3 is 20.3 Å². The van der Waals surface area contributed by atoms with Crippen LogP contribution in [0.5, 0.6) is 0 Å². The molecule has 0 saturated heterocycles. The van der Waals surface area contributed by atoms with Crippen molar-refractivity contribution >= 4 is 23.6 Å².